The zero-order chi connectivity index (χ0) is 16.2. The van der Waals surface area contributed by atoms with Crippen LogP contribution in [0.15, 0.2) is 42.5 Å². The second-order valence-corrected chi connectivity index (χ2v) is 5.93. The summed E-state index contributed by atoms with van der Waals surface area (Å²) in [5, 5.41) is 3.10. The molecule has 2 aromatic rings. The van der Waals surface area contributed by atoms with Gasteiger partial charge >= 0.3 is 0 Å². The predicted molar refractivity (Wildman–Crippen MR) is 84.7 cm³/mol. The molecule has 0 aliphatic carbocycles. The lowest BCUT2D eigenvalue weighted by Crippen LogP contribution is -2.38. The lowest BCUT2D eigenvalue weighted by molar-refractivity contribution is 0.211. The molecule has 3 rings (SSSR count). The maximum atomic E-state index is 13.2. The van der Waals surface area contributed by atoms with Crippen LogP contribution < -0.4 is 5.32 Å². The van der Waals surface area contributed by atoms with Crippen molar-refractivity contribution in [2.45, 2.75) is 25.4 Å². The van der Waals surface area contributed by atoms with Gasteiger partial charge in [-0.15, -0.1) is 0 Å². The normalized spacial score (nSPS) is 16.5. The number of anilines is 1. The average molecular weight is 320 g/mol. The summed E-state index contributed by atoms with van der Waals surface area (Å²) in [7, 11) is 0. The van der Waals surface area contributed by atoms with Gasteiger partial charge in [-0.2, -0.15) is 0 Å². The van der Waals surface area contributed by atoms with Crippen molar-refractivity contribution < 1.29 is 13.2 Å². The molecule has 2 aromatic carbocycles. The Morgan fingerprint density at radius 3 is 2.17 bits per heavy atom. The first kappa shape index (κ1) is 15.9. The molecule has 1 aliphatic heterocycles. The van der Waals surface area contributed by atoms with Crippen molar-refractivity contribution in [1.82, 2.24) is 4.90 Å². The number of halogens is 3. The zero-order valence-corrected chi connectivity index (χ0v) is 12.7. The van der Waals surface area contributed by atoms with Gasteiger partial charge in [-0.25, -0.2) is 13.2 Å². The van der Waals surface area contributed by atoms with Gasteiger partial charge in [0.2, 0.25) is 0 Å². The predicted octanol–water partition coefficient (Wildman–Crippen LogP) is 4.18. The van der Waals surface area contributed by atoms with Gasteiger partial charge in [-0.05, 0) is 18.4 Å². The van der Waals surface area contributed by atoms with E-state index in [0.29, 0.717) is 5.69 Å². The Morgan fingerprint density at radius 1 is 0.957 bits per heavy atom. The summed E-state index contributed by atoms with van der Waals surface area (Å²) >= 11 is 0. The molecule has 0 unspecified atom stereocenters. The third kappa shape index (κ3) is 4.05. The van der Waals surface area contributed by atoms with E-state index in [4.69, 9.17) is 0 Å². The summed E-state index contributed by atoms with van der Waals surface area (Å²) in [6.45, 7) is 2.74. The Hall–Kier alpha value is -2.01. The molecule has 0 atom stereocenters. The van der Waals surface area contributed by atoms with Gasteiger partial charge in [0.1, 0.15) is 0 Å². The number of hydrogen-bond acceptors (Lipinski definition) is 2. The molecule has 0 amide bonds. The molecule has 1 fully saturated rings. The molecule has 0 spiro atoms. The van der Waals surface area contributed by atoms with Gasteiger partial charge in [-0.3, -0.25) is 4.90 Å². The standard InChI is InChI=1S/C18H19F3N2/c19-16-10-15(11-17(20)18(16)21)22-14-6-8-23(9-7-14)12-13-4-2-1-3-5-13/h1-5,10-11,14,22H,6-9,12H2. The highest BCUT2D eigenvalue weighted by atomic mass is 19.2. The van der Waals surface area contributed by atoms with Crippen molar-refractivity contribution >= 4 is 5.69 Å². The number of rotatable bonds is 4. The number of piperidine rings is 1. The summed E-state index contributed by atoms with van der Waals surface area (Å²) in [5.41, 5.74) is 1.57. The van der Waals surface area contributed by atoms with Crippen LogP contribution in [0.2, 0.25) is 0 Å². The summed E-state index contributed by atoms with van der Waals surface area (Å²) < 4.78 is 39.4. The fraction of sp³-hybridized carbons (Fsp3) is 0.333. The van der Waals surface area contributed by atoms with E-state index >= 15 is 0 Å². The van der Waals surface area contributed by atoms with Crippen molar-refractivity contribution in [3.63, 3.8) is 0 Å². The first-order valence-corrected chi connectivity index (χ1v) is 7.79. The Kier molecular flexibility index (Phi) is 4.86. The number of nitrogens with one attached hydrogen (secondary N) is 1. The van der Waals surface area contributed by atoms with E-state index in [1.54, 1.807) is 0 Å². The monoisotopic (exact) mass is 320 g/mol. The Balaban J connectivity index is 1.53. The summed E-state index contributed by atoms with van der Waals surface area (Å²) in [6, 6.07) is 12.4. The average Bonchev–Trinajstić information content (AvgIpc) is 2.55. The topological polar surface area (TPSA) is 15.3 Å². The molecule has 2 nitrogen and oxygen atoms in total. The summed E-state index contributed by atoms with van der Waals surface area (Å²) in [6.07, 6.45) is 1.76. The van der Waals surface area contributed by atoms with E-state index in [0.717, 1.165) is 44.6 Å². The van der Waals surface area contributed by atoms with Crippen molar-refractivity contribution in [3.8, 4) is 0 Å². The SMILES string of the molecule is Fc1cc(NC2CCN(Cc3ccccc3)CC2)cc(F)c1F. The molecule has 122 valence electrons. The van der Waals surface area contributed by atoms with Crippen molar-refractivity contribution in [2.24, 2.45) is 0 Å². The fourth-order valence-corrected chi connectivity index (χ4v) is 2.95. The third-order valence-corrected chi connectivity index (χ3v) is 4.19. The lowest BCUT2D eigenvalue weighted by atomic mass is 10.0. The van der Waals surface area contributed by atoms with Crippen LogP contribution in [0.1, 0.15) is 18.4 Å². The van der Waals surface area contributed by atoms with Crippen LogP contribution in [0.3, 0.4) is 0 Å². The Labute approximate surface area is 133 Å². The first-order valence-electron chi connectivity index (χ1n) is 7.79. The van der Waals surface area contributed by atoms with E-state index in [-0.39, 0.29) is 6.04 Å². The zero-order valence-electron chi connectivity index (χ0n) is 12.7. The highest BCUT2D eigenvalue weighted by molar-refractivity contribution is 5.45. The maximum Gasteiger partial charge on any atom is 0.194 e. The molecule has 1 N–H and O–H groups in total. The van der Waals surface area contributed by atoms with Crippen molar-refractivity contribution in [1.29, 1.82) is 0 Å². The molecule has 1 saturated heterocycles. The molecule has 1 heterocycles. The van der Waals surface area contributed by atoms with Gasteiger partial charge in [-0.1, -0.05) is 30.3 Å². The minimum Gasteiger partial charge on any atom is -0.382 e. The number of likely N-dealkylation sites (tertiary alicyclic amines) is 1. The molecular formula is C18H19F3N2. The Bertz CT molecular complexity index is 630. The summed E-state index contributed by atoms with van der Waals surface area (Å²) in [4.78, 5) is 2.36. The third-order valence-electron chi connectivity index (χ3n) is 4.19. The smallest absolute Gasteiger partial charge is 0.194 e. The van der Waals surface area contributed by atoms with Crippen LogP contribution in [-0.2, 0) is 6.54 Å². The first-order chi connectivity index (χ1) is 11.1. The number of nitrogens with zero attached hydrogens (tertiary/aromatic N) is 1. The highest BCUT2D eigenvalue weighted by Crippen LogP contribution is 2.21. The molecule has 0 bridgehead atoms. The molecule has 1 aliphatic rings. The van der Waals surface area contributed by atoms with Crippen molar-refractivity contribution in [3.05, 3.63) is 65.5 Å². The second kappa shape index (κ2) is 7.04. The van der Waals surface area contributed by atoms with Crippen LogP contribution in [0.4, 0.5) is 18.9 Å². The number of hydrogen-bond donors (Lipinski definition) is 1. The minimum atomic E-state index is -1.42. The molecule has 5 heteroatoms. The molecular weight excluding hydrogens is 301 g/mol. The van der Waals surface area contributed by atoms with Crippen LogP contribution in [-0.4, -0.2) is 24.0 Å². The van der Waals surface area contributed by atoms with Gasteiger partial charge in [0.15, 0.2) is 17.5 Å². The minimum absolute atomic E-state index is 0.145. The fourth-order valence-electron chi connectivity index (χ4n) is 2.95. The Morgan fingerprint density at radius 2 is 1.57 bits per heavy atom. The summed E-state index contributed by atoms with van der Waals surface area (Å²) in [5.74, 6) is -3.74. The molecule has 0 saturated carbocycles. The van der Waals surface area contributed by atoms with Crippen LogP contribution in [0.25, 0.3) is 0 Å². The van der Waals surface area contributed by atoms with Crippen LogP contribution >= 0.6 is 0 Å². The van der Waals surface area contributed by atoms with Gasteiger partial charge in [0.25, 0.3) is 0 Å². The van der Waals surface area contributed by atoms with E-state index < -0.39 is 17.5 Å². The van der Waals surface area contributed by atoms with E-state index in [9.17, 15) is 13.2 Å². The van der Waals surface area contributed by atoms with E-state index in [1.165, 1.54) is 5.56 Å². The van der Waals surface area contributed by atoms with Gasteiger partial charge < -0.3 is 5.32 Å². The largest absolute Gasteiger partial charge is 0.382 e. The van der Waals surface area contributed by atoms with Crippen LogP contribution in [0, 0.1) is 17.5 Å². The molecule has 0 radical (unpaired) electrons. The lowest BCUT2D eigenvalue weighted by Gasteiger charge is -2.33. The van der Waals surface area contributed by atoms with E-state index in [2.05, 4.69) is 22.3 Å². The molecule has 23 heavy (non-hydrogen) atoms. The second-order valence-electron chi connectivity index (χ2n) is 5.93. The quantitative estimate of drug-likeness (QED) is 0.850. The molecule has 0 aromatic heterocycles. The number of benzene rings is 2. The highest BCUT2D eigenvalue weighted by Gasteiger charge is 2.20. The van der Waals surface area contributed by atoms with Gasteiger partial charge in [0.05, 0.1) is 0 Å². The van der Waals surface area contributed by atoms with Crippen molar-refractivity contribution in [2.75, 3.05) is 18.4 Å². The van der Waals surface area contributed by atoms with E-state index in [1.807, 2.05) is 18.2 Å². The van der Waals surface area contributed by atoms with Gasteiger partial charge in [0, 0.05) is 43.5 Å². The van der Waals surface area contributed by atoms with Crippen LogP contribution in [0.5, 0.6) is 0 Å². The maximum absolute atomic E-state index is 13.2.